The number of carbonyl (C=O) groups is 1. The third-order valence-corrected chi connectivity index (χ3v) is 7.58. The third-order valence-electron chi connectivity index (χ3n) is 5.74. The van der Waals surface area contributed by atoms with Crippen molar-refractivity contribution in [3.8, 4) is 5.75 Å². The zero-order chi connectivity index (χ0) is 26.2. The van der Waals surface area contributed by atoms with Crippen LogP contribution in [0.25, 0.3) is 0 Å². The molecule has 1 aliphatic heterocycles. The molecule has 13 heteroatoms. The van der Waals surface area contributed by atoms with Crippen LogP contribution in [-0.2, 0) is 27.6 Å². The molecule has 3 rings (SSSR count). The van der Waals surface area contributed by atoms with Gasteiger partial charge in [0, 0.05) is 12.1 Å². The van der Waals surface area contributed by atoms with E-state index in [1.54, 1.807) is 13.8 Å². The summed E-state index contributed by atoms with van der Waals surface area (Å²) in [4.78, 5) is 12.0. The summed E-state index contributed by atoms with van der Waals surface area (Å²) in [5, 5.41) is 19.3. The topological polar surface area (TPSA) is 116 Å². The van der Waals surface area contributed by atoms with Gasteiger partial charge in [0.05, 0.1) is 16.6 Å². The SMILES string of the molecule is CC1(C)C[C@@H](O)CN(S(=O)(=O)c2ccc(OCc3cc(F)ccc3C(F)(F)F)cc2)[C@H]1C(=O)NO. The number of ether oxygens (including phenoxy) is 1. The van der Waals surface area contributed by atoms with E-state index in [0.717, 1.165) is 16.4 Å². The summed E-state index contributed by atoms with van der Waals surface area (Å²) < 4.78 is 85.6. The van der Waals surface area contributed by atoms with Crippen molar-refractivity contribution in [3.05, 3.63) is 59.4 Å². The number of halogens is 4. The first-order valence-corrected chi connectivity index (χ1v) is 11.8. The van der Waals surface area contributed by atoms with E-state index >= 15 is 0 Å². The number of β-amino-alcohol motifs (C(OH)–C–C–N with tert-alkyl or cyclic N) is 1. The van der Waals surface area contributed by atoms with Crippen LogP contribution < -0.4 is 10.2 Å². The van der Waals surface area contributed by atoms with Gasteiger partial charge in [0.15, 0.2) is 0 Å². The second-order valence-electron chi connectivity index (χ2n) is 8.86. The van der Waals surface area contributed by atoms with Crippen LogP contribution in [0.3, 0.4) is 0 Å². The van der Waals surface area contributed by atoms with E-state index in [-0.39, 0.29) is 23.6 Å². The van der Waals surface area contributed by atoms with Crippen molar-refractivity contribution in [2.24, 2.45) is 5.41 Å². The lowest BCUT2D eigenvalue weighted by molar-refractivity contribution is -0.141. The number of amides is 1. The summed E-state index contributed by atoms with van der Waals surface area (Å²) in [6.07, 6.45) is -5.66. The first kappa shape index (κ1) is 26.9. The number of alkyl halides is 3. The number of carbonyl (C=O) groups excluding carboxylic acids is 1. The summed E-state index contributed by atoms with van der Waals surface area (Å²) in [6.45, 7) is 2.15. The molecule has 1 saturated heterocycles. The molecule has 0 bridgehead atoms. The highest BCUT2D eigenvalue weighted by atomic mass is 32.2. The number of nitrogens with zero attached hydrogens (tertiary/aromatic N) is 1. The number of benzene rings is 2. The number of nitrogens with one attached hydrogen (secondary N) is 1. The van der Waals surface area contributed by atoms with Gasteiger partial charge in [-0.2, -0.15) is 17.5 Å². The molecule has 1 heterocycles. The third kappa shape index (κ3) is 5.74. The lowest BCUT2D eigenvalue weighted by atomic mass is 9.76. The molecule has 2 aromatic rings. The zero-order valence-electron chi connectivity index (χ0n) is 18.7. The Morgan fingerprint density at radius 3 is 2.40 bits per heavy atom. The molecular weight excluding hydrogens is 496 g/mol. The average molecular weight is 521 g/mol. The molecule has 0 unspecified atom stereocenters. The second kappa shape index (κ2) is 9.72. The van der Waals surface area contributed by atoms with Crippen molar-refractivity contribution in [1.82, 2.24) is 9.79 Å². The number of piperidine rings is 1. The predicted octanol–water partition coefficient (Wildman–Crippen LogP) is 3.08. The number of sulfonamides is 1. The first-order valence-electron chi connectivity index (χ1n) is 10.4. The number of hydrogen-bond acceptors (Lipinski definition) is 6. The second-order valence-corrected chi connectivity index (χ2v) is 10.7. The van der Waals surface area contributed by atoms with Gasteiger partial charge in [0.2, 0.25) is 10.0 Å². The number of rotatable bonds is 6. The van der Waals surface area contributed by atoms with Gasteiger partial charge in [0.1, 0.15) is 24.2 Å². The molecule has 3 N–H and O–H groups in total. The lowest BCUT2D eigenvalue weighted by Gasteiger charge is -2.45. The molecule has 8 nitrogen and oxygen atoms in total. The maximum Gasteiger partial charge on any atom is 0.416 e. The van der Waals surface area contributed by atoms with E-state index in [9.17, 15) is 35.9 Å². The fraction of sp³-hybridized carbons (Fsp3) is 0.409. The van der Waals surface area contributed by atoms with E-state index in [4.69, 9.17) is 9.94 Å². The summed E-state index contributed by atoms with van der Waals surface area (Å²) in [6, 6.07) is 5.35. The van der Waals surface area contributed by atoms with Gasteiger partial charge in [-0.05, 0) is 54.3 Å². The molecule has 1 aliphatic rings. The van der Waals surface area contributed by atoms with Crippen LogP contribution in [0.1, 0.15) is 31.4 Å². The van der Waals surface area contributed by atoms with Gasteiger partial charge in [-0.1, -0.05) is 13.8 Å². The van der Waals surface area contributed by atoms with Crippen LogP contribution in [0.4, 0.5) is 17.6 Å². The van der Waals surface area contributed by atoms with Gasteiger partial charge in [-0.15, -0.1) is 0 Å². The van der Waals surface area contributed by atoms with Crippen molar-refractivity contribution in [1.29, 1.82) is 0 Å². The van der Waals surface area contributed by atoms with E-state index < -0.39 is 63.2 Å². The van der Waals surface area contributed by atoms with Crippen LogP contribution in [0.2, 0.25) is 0 Å². The van der Waals surface area contributed by atoms with Crippen molar-refractivity contribution in [2.45, 2.75) is 50.1 Å². The standard InChI is InChI=1S/C22H24F4N2O6S/c1-21(2)10-15(29)11-28(19(21)20(30)27-31)35(32,33)17-6-4-16(5-7-17)34-12-13-9-14(23)3-8-18(13)22(24,25)26/h3-9,15,19,29,31H,10-12H2,1-2H3,(H,27,30)/t15-,19+/m1/s1. The molecule has 2 atom stereocenters. The smallest absolute Gasteiger partial charge is 0.416 e. The largest absolute Gasteiger partial charge is 0.489 e. The van der Waals surface area contributed by atoms with Crippen LogP contribution in [-0.4, -0.2) is 47.6 Å². The molecule has 192 valence electrons. The van der Waals surface area contributed by atoms with Crippen LogP contribution in [0.5, 0.6) is 5.75 Å². The Labute approximate surface area is 199 Å². The highest BCUT2D eigenvalue weighted by Gasteiger charge is 2.50. The van der Waals surface area contributed by atoms with Crippen molar-refractivity contribution < 1.29 is 45.8 Å². The van der Waals surface area contributed by atoms with Crippen LogP contribution >= 0.6 is 0 Å². The molecule has 35 heavy (non-hydrogen) atoms. The van der Waals surface area contributed by atoms with Crippen molar-refractivity contribution in [2.75, 3.05) is 6.54 Å². The Kier molecular flexibility index (Phi) is 7.46. The normalized spacial score (nSPS) is 20.9. The predicted molar refractivity (Wildman–Crippen MR) is 114 cm³/mol. The molecule has 1 fully saturated rings. The van der Waals surface area contributed by atoms with E-state index in [1.807, 2.05) is 0 Å². The maximum absolute atomic E-state index is 13.5. The molecule has 1 amide bonds. The fourth-order valence-electron chi connectivity index (χ4n) is 4.23. The number of aliphatic hydroxyl groups is 1. The Hall–Kier alpha value is -2.74. The highest BCUT2D eigenvalue weighted by molar-refractivity contribution is 7.89. The Balaban J connectivity index is 1.84. The van der Waals surface area contributed by atoms with E-state index in [2.05, 4.69) is 0 Å². The summed E-state index contributed by atoms with van der Waals surface area (Å²) in [5.74, 6) is -1.81. The van der Waals surface area contributed by atoms with Gasteiger partial charge in [-0.3, -0.25) is 10.0 Å². The first-order chi connectivity index (χ1) is 16.2. The Morgan fingerprint density at radius 1 is 1.20 bits per heavy atom. The molecule has 0 radical (unpaired) electrons. The minimum Gasteiger partial charge on any atom is -0.489 e. The Bertz CT molecular complexity index is 1190. The average Bonchev–Trinajstić information content (AvgIpc) is 2.75. The van der Waals surface area contributed by atoms with Crippen LogP contribution in [0.15, 0.2) is 47.4 Å². The van der Waals surface area contributed by atoms with Crippen LogP contribution in [0, 0.1) is 11.2 Å². The van der Waals surface area contributed by atoms with Gasteiger partial charge >= 0.3 is 6.18 Å². The molecule has 0 aromatic heterocycles. The highest BCUT2D eigenvalue weighted by Crippen LogP contribution is 2.39. The maximum atomic E-state index is 13.5. The molecule has 0 saturated carbocycles. The minimum atomic E-state index is -4.71. The fourth-order valence-corrected chi connectivity index (χ4v) is 6.01. The summed E-state index contributed by atoms with van der Waals surface area (Å²) in [7, 11) is -4.34. The number of aliphatic hydroxyl groups excluding tert-OH is 1. The minimum absolute atomic E-state index is 0.0185. The van der Waals surface area contributed by atoms with E-state index in [0.29, 0.717) is 18.2 Å². The number of hydrogen-bond donors (Lipinski definition) is 3. The van der Waals surface area contributed by atoms with Gasteiger partial charge < -0.3 is 9.84 Å². The zero-order valence-corrected chi connectivity index (χ0v) is 19.5. The quantitative estimate of drug-likeness (QED) is 0.306. The molecular formula is C22H24F4N2O6S. The van der Waals surface area contributed by atoms with Gasteiger partial charge in [0.25, 0.3) is 5.91 Å². The summed E-state index contributed by atoms with van der Waals surface area (Å²) >= 11 is 0. The molecule has 2 aromatic carbocycles. The summed E-state index contributed by atoms with van der Waals surface area (Å²) in [5.41, 5.74) is -1.04. The van der Waals surface area contributed by atoms with E-state index in [1.165, 1.54) is 17.6 Å². The molecule has 0 spiro atoms. The monoisotopic (exact) mass is 520 g/mol. The Morgan fingerprint density at radius 2 is 1.83 bits per heavy atom. The molecule has 0 aliphatic carbocycles. The van der Waals surface area contributed by atoms with Crippen molar-refractivity contribution in [3.63, 3.8) is 0 Å². The number of hydroxylamine groups is 1. The van der Waals surface area contributed by atoms with Gasteiger partial charge in [-0.25, -0.2) is 18.3 Å². The van der Waals surface area contributed by atoms with Crippen molar-refractivity contribution >= 4 is 15.9 Å². The lowest BCUT2D eigenvalue weighted by Crippen LogP contribution is -2.62.